The van der Waals surface area contributed by atoms with Crippen molar-refractivity contribution in [1.82, 2.24) is 10.3 Å². The fourth-order valence-corrected chi connectivity index (χ4v) is 2.68. The fourth-order valence-electron chi connectivity index (χ4n) is 2.68. The van der Waals surface area contributed by atoms with Gasteiger partial charge in [0.25, 0.3) is 0 Å². The first-order chi connectivity index (χ1) is 9.31. The minimum absolute atomic E-state index is 0.382. The molecular weight excluding hydrogens is 236 g/mol. The number of benzene rings is 1. The van der Waals surface area contributed by atoms with Crippen LogP contribution in [0.4, 0.5) is 0 Å². The minimum atomic E-state index is 0.382. The number of aromatic nitrogens is 1. The number of hydrogen-bond acceptors (Lipinski definition) is 3. The first-order valence-corrected chi connectivity index (χ1v) is 7.00. The zero-order valence-corrected chi connectivity index (χ0v) is 11.3. The maximum Gasteiger partial charge on any atom is 0.0702 e. The van der Waals surface area contributed by atoms with E-state index in [2.05, 4.69) is 41.5 Å². The van der Waals surface area contributed by atoms with Crippen LogP contribution in [0, 0.1) is 0 Å². The topological polar surface area (TPSA) is 34.2 Å². The van der Waals surface area contributed by atoms with Gasteiger partial charge in [0.1, 0.15) is 0 Å². The average molecular weight is 256 g/mol. The SMILES string of the molecule is CC1CC(NCc2ccc3ncccc3c2)CCO1. The second kappa shape index (κ2) is 5.68. The Morgan fingerprint density at radius 1 is 1.37 bits per heavy atom. The molecule has 2 aromatic rings. The molecule has 1 aromatic carbocycles. The standard InChI is InChI=1S/C16H20N2O/c1-12-9-15(6-8-19-12)18-11-13-4-5-16-14(10-13)3-2-7-17-16/h2-5,7,10,12,15,18H,6,8-9,11H2,1H3. The molecule has 1 saturated heterocycles. The van der Waals surface area contributed by atoms with Crippen LogP contribution in [0.15, 0.2) is 36.5 Å². The van der Waals surface area contributed by atoms with Crippen molar-refractivity contribution in [3.63, 3.8) is 0 Å². The molecule has 0 saturated carbocycles. The van der Waals surface area contributed by atoms with Gasteiger partial charge < -0.3 is 10.1 Å². The summed E-state index contributed by atoms with van der Waals surface area (Å²) in [5.74, 6) is 0. The summed E-state index contributed by atoms with van der Waals surface area (Å²) in [7, 11) is 0. The van der Waals surface area contributed by atoms with E-state index >= 15 is 0 Å². The summed E-state index contributed by atoms with van der Waals surface area (Å²) in [4.78, 5) is 4.35. The molecule has 0 spiro atoms. The smallest absolute Gasteiger partial charge is 0.0702 e. The fraction of sp³-hybridized carbons (Fsp3) is 0.438. The van der Waals surface area contributed by atoms with Crippen molar-refractivity contribution in [2.24, 2.45) is 0 Å². The van der Waals surface area contributed by atoms with Crippen LogP contribution in [0.5, 0.6) is 0 Å². The molecule has 0 amide bonds. The van der Waals surface area contributed by atoms with Gasteiger partial charge in [-0.3, -0.25) is 4.98 Å². The highest BCUT2D eigenvalue weighted by atomic mass is 16.5. The molecule has 19 heavy (non-hydrogen) atoms. The molecule has 0 radical (unpaired) electrons. The Balaban J connectivity index is 1.64. The van der Waals surface area contributed by atoms with E-state index in [0.29, 0.717) is 12.1 Å². The number of ether oxygens (including phenoxy) is 1. The van der Waals surface area contributed by atoms with Gasteiger partial charge in [0.2, 0.25) is 0 Å². The molecule has 0 aliphatic carbocycles. The van der Waals surface area contributed by atoms with Crippen molar-refractivity contribution in [2.75, 3.05) is 6.61 Å². The first kappa shape index (κ1) is 12.6. The van der Waals surface area contributed by atoms with Gasteiger partial charge in [-0.05, 0) is 43.5 Å². The highest BCUT2D eigenvalue weighted by Gasteiger charge is 2.18. The predicted octanol–water partition coefficient (Wildman–Crippen LogP) is 2.89. The van der Waals surface area contributed by atoms with Crippen LogP contribution in [0.25, 0.3) is 10.9 Å². The largest absolute Gasteiger partial charge is 0.378 e. The van der Waals surface area contributed by atoms with Gasteiger partial charge in [-0.25, -0.2) is 0 Å². The highest BCUT2D eigenvalue weighted by Crippen LogP contribution is 2.16. The number of nitrogens with zero attached hydrogens (tertiary/aromatic N) is 1. The Hall–Kier alpha value is -1.45. The van der Waals surface area contributed by atoms with Crippen LogP contribution in [-0.4, -0.2) is 23.7 Å². The van der Waals surface area contributed by atoms with Gasteiger partial charge >= 0.3 is 0 Å². The lowest BCUT2D eigenvalue weighted by Gasteiger charge is -2.28. The molecule has 2 atom stereocenters. The molecule has 1 N–H and O–H groups in total. The van der Waals surface area contributed by atoms with Crippen molar-refractivity contribution in [3.05, 3.63) is 42.1 Å². The van der Waals surface area contributed by atoms with Gasteiger partial charge in [0.15, 0.2) is 0 Å². The van der Waals surface area contributed by atoms with Crippen LogP contribution >= 0.6 is 0 Å². The Labute approximate surface area is 114 Å². The summed E-state index contributed by atoms with van der Waals surface area (Å²) >= 11 is 0. The summed E-state index contributed by atoms with van der Waals surface area (Å²) in [6, 6.07) is 11.2. The van der Waals surface area contributed by atoms with Gasteiger partial charge in [-0.15, -0.1) is 0 Å². The zero-order chi connectivity index (χ0) is 13.1. The number of fused-ring (bicyclic) bond motifs is 1. The lowest BCUT2D eigenvalue weighted by Crippen LogP contribution is -2.37. The molecular formula is C16H20N2O. The van der Waals surface area contributed by atoms with E-state index in [1.54, 1.807) is 0 Å². The number of rotatable bonds is 3. The molecule has 0 bridgehead atoms. The van der Waals surface area contributed by atoms with Gasteiger partial charge in [-0.1, -0.05) is 12.1 Å². The molecule has 3 rings (SSSR count). The number of nitrogens with one attached hydrogen (secondary N) is 1. The Morgan fingerprint density at radius 3 is 3.21 bits per heavy atom. The van der Waals surface area contributed by atoms with E-state index in [1.807, 2.05) is 12.3 Å². The van der Waals surface area contributed by atoms with Gasteiger partial charge in [0.05, 0.1) is 11.6 Å². The van der Waals surface area contributed by atoms with Crippen LogP contribution in [0.2, 0.25) is 0 Å². The Bertz CT molecular complexity index is 555. The summed E-state index contributed by atoms with van der Waals surface area (Å²) in [6.45, 7) is 3.94. The number of pyridine rings is 1. The maximum atomic E-state index is 5.57. The van der Waals surface area contributed by atoms with Crippen molar-refractivity contribution < 1.29 is 4.74 Å². The van der Waals surface area contributed by atoms with E-state index in [4.69, 9.17) is 4.74 Å². The van der Waals surface area contributed by atoms with Crippen LogP contribution in [0.1, 0.15) is 25.3 Å². The van der Waals surface area contributed by atoms with E-state index in [-0.39, 0.29) is 0 Å². The minimum Gasteiger partial charge on any atom is -0.378 e. The molecule has 2 heterocycles. The van der Waals surface area contributed by atoms with E-state index in [9.17, 15) is 0 Å². The summed E-state index contributed by atoms with van der Waals surface area (Å²) in [6.07, 6.45) is 4.44. The van der Waals surface area contributed by atoms with E-state index in [0.717, 1.165) is 31.5 Å². The van der Waals surface area contributed by atoms with Gasteiger partial charge in [0, 0.05) is 30.8 Å². The van der Waals surface area contributed by atoms with Crippen molar-refractivity contribution >= 4 is 10.9 Å². The van der Waals surface area contributed by atoms with Crippen LogP contribution in [-0.2, 0) is 11.3 Å². The highest BCUT2D eigenvalue weighted by molar-refractivity contribution is 5.78. The molecule has 1 fully saturated rings. The first-order valence-electron chi connectivity index (χ1n) is 7.00. The number of hydrogen-bond donors (Lipinski definition) is 1. The van der Waals surface area contributed by atoms with Crippen molar-refractivity contribution in [1.29, 1.82) is 0 Å². The Kier molecular flexibility index (Phi) is 3.76. The molecule has 3 heteroatoms. The lowest BCUT2D eigenvalue weighted by molar-refractivity contribution is 0.0130. The monoisotopic (exact) mass is 256 g/mol. The van der Waals surface area contributed by atoms with E-state index < -0.39 is 0 Å². The zero-order valence-electron chi connectivity index (χ0n) is 11.3. The second-order valence-corrected chi connectivity index (χ2v) is 5.31. The molecule has 1 aromatic heterocycles. The third-order valence-electron chi connectivity index (χ3n) is 3.75. The van der Waals surface area contributed by atoms with Crippen molar-refractivity contribution in [3.8, 4) is 0 Å². The predicted molar refractivity (Wildman–Crippen MR) is 77.0 cm³/mol. The van der Waals surface area contributed by atoms with E-state index in [1.165, 1.54) is 10.9 Å². The lowest BCUT2D eigenvalue weighted by atomic mass is 10.0. The molecule has 2 unspecified atom stereocenters. The summed E-state index contributed by atoms with van der Waals surface area (Å²) in [5.41, 5.74) is 2.38. The Morgan fingerprint density at radius 2 is 2.32 bits per heavy atom. The summed E-state index contributed by atoms with van der Waals surface area (Å²) < 4.78 is 5.57. The quantitative estimate of drug-likeness (QED) is 0.917. The normalized spacial score (nSPS) is 23.6. The molecule has 1 aliphatic heterocycles. The second-order valence-electron chi connectivity index (χ2n) is 5.31. The van der Waals surface area contributed by atoms with Crippen molar-refractivity contribution in [2.45, 2.75) is 38.5 Å². The third-order valence-corrected chi connectivity index (χ3v) is 3.75. The van der Waals surface area contributed by atoms with Crippen LogP contribution in [0.3, 0.4) is 0 Å². The average Bonchev–Trinajstić information content (AvgIpc) is 2.45. The van der Waals surface area contributed by atoms with Crippen LogP contribution < -0.4 is 5.32 Å². The third kappa shape index (κ3) is 3.11. The van der Waals surface area contributed by atoms with Gasteiger partial charge in [-0.2, -0.15) is 0 Å². The summed E-state index contributed by atoms with van der Waals surface area (Å²) in [5, 5.41) is 4.84. The molecule has 100 valence electrons. The molecule has 1 aliphatic rings. The maximum absolute atomic E-state index is 5.57. The molecule has 3 nitrogen and oxygen atoms in total.